The smallest absolute Gasteiger partial charge is 0.0981 e. The van der Waals surface area contributed by atoms with E-state index in [4.69, 9.17) is 16.3 Å². The Morgan fingerprint density at radius 2 is 2.29 bits per heavy atom. The average Bonchev–Trinajstić information content (AvgIpc) is 2.49. The van der Waals surface area contributed by atoms with Crippen LogP contribution in [0.15, 0.2) is 18.2 Å². The van der Waals surface area contributed by atoms with Gasteiger partial charge in [0.1, 0.15) is 0 Å². The molecule has 0 spiro atoms. The molecule has 1 aromatic rings. The summed E-state index contributed by atoms with van der Waals surface area (Å²) in [6.45, 7) is 7.49. The molecule has 0 aliphatic carbocycles. The molecule has 1 saturated heterocycles. The Bertz CT molecular complexity index is 456. The molecular weight excluding hydrogens is 288 g/mol. The van der Waals surface area contributed by atoms with E-state index in [-0.39, 0.29) is 12.7 Å². The summed E-state index contributed by atoms with van der Waals surface area (Å²) in [5.74, 6) is 0. The van der Waals surface area contributed by atoms with Crippen LogP contribution < -0.4 is 10.2 Å². The third-order valence-electron chi connectivity index (χ3n) is 3.80. The lowest BCUT2D eigenvalue weighted by Crippen LogP contribution is -2.50. The van der Waals surface area contributed by atoms with E-state index in [2.05, 4.69) is 30.1 Å². The summed E-state index contributed by atoms with van der Waals surface area (Å²) >= 11 is 6.15. The fourth-order valence-corrected chi connectivity index (χ4v) is 2.83. The van der Waals surface area contributed by atoms with Crippen LogP contribution in [0.5, 0.6) is 0 Å². The molecule has 0 amide bonds. The van der Waals surface area contributed by atoms with Gasteiger partial charge in [-0.15, -0.1) is 0 Å². The second-order valence-electron chi connectivity index (χ2n) is 5.59. The molecule has 0 aromatic heterocycles. The lowest BCUT2D eigenvalue weighted by Gasteiger charge is -2.40. The number of nitrogens with one attached hydrogen (secondary N) is 1. The molecule has 0 saturated carbocycles. The standard InChI is InChI=1S/C16H25ClN2O2/c1-3-6-18-8-13-7-14(17)4-5-16(13)19-9-15(10-20)21-11-12(19)2/h4-5,7,12,15,18,20H,3,6,8-11H2,1-2H3. The quantitative estimate of drug-likeness (QED) is 0.792. The third kappa shape index (κ3) is 4.33. The Kier molecular flexibility index (Phi) is 6.30. The fourth-order valence-electron chi connectivity index (χ4n) is 2.64. The number of aliphatic hydroxyl groups is 1. The van der Waals surface area contributed by atoms with Gasteiger partial charge in [-0.1, -0.05) is 18.5 Å². The van der Waals surface area contributed by atoms with Crippen molar-refractivity contribution in [3.05, 3.63) is 28.8 Å². The highest BCUT2D eigenvalue weighted by molar-refractivity contribution is 6.30. The Morgan fingerprint density at radius 3 is 3.00 bits per heavy atom. The van der Waals surface area contributed by atoms with Crippen LogP contribution in [0.25, 0.3) is 0 Å². The van der Waals surface area contributed by atoms with E-state index < -0.39 is 0 Å². The van der Waals surface area contributed by atoms with Crippen LogP contribution in [0, 0.1) is 0 Å². The number of ether oxygens (including phenoxy) is 1. The molecule has 1 aliphatic rings. The van der Waals surface area contributed by atoms with E-state index in [0.717, 1.165) is 24.5 Å². The van der Waals surface area contributed by atoms with E-state index in [1.54, 1.807) is 0 Å². The van der Waals surface area contributed by atoms with Gasteiger partial charge >= 0.3 is 0 Å². The Balaban J connectivity index is 2.19. The summed E-state index contributed by atoms with van der Waals surface area (Å²) in [5.41, 5.74) is 2.37. The molecule has 0 radical (unpaired) electrons. The predicted molar refractivity (Wildman–Crippen MR) is 87.1 cm³/mol. The number of nitrogens with zero attached hydrogens (tertiary/aromatic N) is 1. The Hall–Kier alpha value is -0.810. The van der Waals surface area contributed by atoms with Crippen molar-refractivity contribution in [2.45, 2.75) is 39.0 Å². The molecule has 1 fully saturated rings. The summed E-state index contributed by atoms with van der Waals surface area (Å²) < 4.78 is 5.62. The van der Waals surface area contributed by atoms with Crippen LogP contribution in [0.1, 0.15) is 25.8 Å². The summed E-state index contributed by atoms with van der Waals surface area (Å²) in [5, 5.41) is 13.5. The van der Waals surface area contributed by atoms with Crippen molar-refractivity contribution < 1.29 is 9.84 Å². The summed E-state index contributed by atoms with van der Waals surface area (Å²) in [7, 11) is 0. The fraction of sp³-hybridized carbons (Fsp3) is 0.625. The average molecular weight is 313 g/mol. The molecule has 1 heterocycles. The van der Waals surface area contributed by atoms with Gasteiger partial charge in [0.25, 0.3) is 0 Å². The van der Waals surface area contributed by atoms with E-state index in [9.17, 15) is 5.11 Å². The minimum absolute atomic E-state index is 0.0558. The number of hydrogen-bond acceptors (Lipinski definition) is 4. The lowest BCUT2D eigenvalue weighted by atomic mass is 10.1. The number of halogens is 1. The zero-order valence-electron chi connectivity index (χ0n) is 12.8. The number of anilines is 1. The third-order valence-corrected chi connectivity index (χ3v) is 4.04. The van der Waals surface area contributed by atoms with E-state index >= 15 is 0 Å². The summed E-state index contributed by atoms with van der Waals surface area (Å²) in [4.78, 5) is 2.31. The number of morpholine rings is 1. The SMILES string of the molecule is CCCNCc1cc(Cl)ccc1N1CC(CO)OCC1C. The van der Waals surface area contributed by atoms with Crippen LogP contribution >= 0.6 is 11.6 Å². The first-order chi connectivity index (χ1) is 10.2. The van der Waals surface area contributed by atoms with Gasteiger partial charge in [0.2, 0.25) is 0 Å². The Morgan fingerprint density at radius 1 is 1.48 bits per heavy atom. The van der Waals surface area contributed by atoms with Crippen LogP contribution in [0.2, 0.25) is 5.02 Å². The topological polar surface area (TPSA) is 44.7 Å². The minimum atomic E-state index is -0.117. The molecule has 0 bridgehead atoms. The molecule has 21 heavy (non-hydrogen) atoms. The first-order valence-corrected chi connectivity index (χ1v) is 8.01. The molecule has 1 aromatic carbocycles. The molecule has 2 unspecified atom stereocenters. The highest BCUT2D eigenvalue weighted by Gasteiger charge is 2.27. The lowest BCUT2D eigenvalue weighted by molar-refractivity contribution is -0.0103. The molecule has 2 N–H and O–H groups in total. The Labute approximate surface area is 132 Å². The number of aliphatic hydroxyl groups excluding tert-OH is 1. The van der Waals surface area contributed by atoms with Gasteiger partial charge in [-0.25, -0.2) is 0 Å². The van der Waals surface area contributed by atoms with Gasteiger partial charge in [0.15, 0.2) is 0 Å². The molecule has 5 heteroatoms. The van der Waals surface area contributed by atoms with Crippen molar-refractivity contribution in [3.8, 4) is 0 Å². The second-order valence-corrected chi connectivity index (χ2v) is 6.03. The van der Waals surface area contributed by atoms with Crippen molar-refractivity contribution in [1.29, 1.82) is 0 Å². The van der Waals surface area contributed by atoms with Gasteiger partial charge in [-0.3, -0.25) is 0 Å². The molecular formula is C16H25ClN2O2. The number of hydrogen-bond donors (Lipinski definition) is 2. The highest BCUT2D eigenvalue weighted by atomic mass is 35.5. The van der Waals surface area contributed by atoms with Crippen LogP contribution in [0.3, 0.4) is 0 Å². The van der Waals surface area contributed by atoms with Crippen molar-refractivity contribution in [2.75, 3.05) is 31.2 Å². The monoisotopic (exact) mass is 312 g/mol. The predicted octanol–water partition coefficient (Wildman–Crippen LogP) is 2.43. The van der Waals surface area contributed by atoms with Crippen molar-refractivity contribution in [3.63, 3.8) is 0 Å². The largest absolute Gasteiger partial charge is 0.394 e. The van der Waals surface area contributed by atoms with Gasteiger partial charge < -0.3 is 20.1 Å². The van der Waals surface area contributed by atoms with Gasteiger partial charge in [-0.05, 0) is 43.7 Å². The first kappa shape index (κ1) is 16.6. The zero-order chi connectivity index (χ0) is 15.2. The van der Waals surface area contributed by atoms with Crippen LogP contribution in [0.4, 0.5) is 5.69 Å². The number of benzene rings is 1. The number of rotatable bonds is 6. The van der Waals surface area contributed by atoms with Crippen molar-refractivity contribution >= 4 is 17.3 Å². The molecule has 1 aliphatic heterocycles. The molecule has 118 valence electrons. The highest BCUT2D eigenvalue weighted by Crippen LogP contribution is 2.28. The maximum Gasteiger partial charge on any atom is 0.0981 e. The van der Waals surface area contributed by atoms with E-state index in [1.165, 1.54) is 11.3 Å². The van der Waals surface area contributed by atoms with E-state index in [0.29, 0.717) is 19.2 Å². The first-order valence-electron chi connectivity index (χ1n) is 7.64. The van der Waals surface area contributed by atoms with Gasteiger partial charge in [-0.2, -0.15) is 0 Å². The zero-order valence-corrected chi connectivity index (χ0v) is 13.6. The van der Waals surface area contributed by atoms with Crippen molar-refractivity contribution in [1.82, 2.24) is 5.32 Å². The minimum Gasteiger partial charge on any atom is -0.394 e. The van der Waals surface area contributed by atoms with Crippen molar-refractivity contribution in [2.24, 2.45) is 0 Å². The van der Waals surface area contributed by atoms with Gasteiger partial charge in [0, 0.05) is 29.8 Å². The van der Waals surface area contributed by atoms with Crippen LogP contribution in [-0.2, 0) is 11.3 Å². The molecule has 4 nitrogen and oxygen atoms in total. The van der Waals surface area contributed by atoms with E-state index in [1.807, 2.05) is 12.1 Å². The maximum atomic E-state index is 9.34. The summed E-state index contributed by atoms with van der Waals surface area (Å²) in [6.07, 6.45) is 0.990. The van der Waals surface area contributed by atoms with Gasteiger partial charge in [0.05, 0.1) is 19.3 Å². The molecule has 2 atom stereocenters. The normalized spacial score (nSPS) is 22.6. The molecule has 2 rings (SSSR count). The second kappa shape index (κ2) is 7.99. The summed E-state index contributed by atoms with van der Waals surface area (Å²) in [6, 6.07) is 6.31. The van der Waals surface area contributed by atoms with Crippen LogP contribution in [-0.4, -0.2) is 43.6 Å². The maximum absolute atomic E-state index is 9.34.